The highest BCUT2D eigenvalue weighted by molar-refractivity contribution is 7.99. The third-order valence-electron chi connectivity index (χ3n) is 6.44. The lowest BCUT2D eigenvalue weighted by atomic mass is 9.95. The van der Waals surface area contributed by atoms with Gasteiger partial charge in [0.15, 0.2) is 12.6 Å². The van der Waals surface area contributed by atoms with Gasteiger partial charge in [0.2, 0.25) is 5.91 Å². The molecular formula is C23H43NO13S3. The predicted octanol–water partition coefficient (Wildman–Crippen LogP) is -0.761. The third-order valence-corrected chi connectivity index (χ3v) is 8.38. The molecule has 0 aromatic heterocycles. The first-order valence-corrected chi connectivity index (χ1v) is 16.4. The van der Waals surface area contributed by atoms with Gasteiger partial charge in [-0.25, -0.2) is 4.18 Å². The standard InChI is InChI=1S/C23H43NO13S3/c1-13-17(27)21(19(29)23(34-13)33-8-7-11-39-10-6-4-3-5-9-38)36-22-16(24-14(2)26)20(37-40(30,31)32)18(28)15(12-25)35-22/h13,15-23,25,27-29,38H,3-12H2,1-2H3,(H,24,26)(H,30,31,32)/t13-,15+,16+,17+,18+,19-,20+,21+,22-,23-/m0/s1. The van der Waals surface area contributed by atoms with E-state index in [1.54, 1.807) is 11.8 Å². The fourth-order valence-electron chi connectivity index (χ4n) is 4.41. The van der Waals surface area contributed by atoms with Gasteiger partial charge in [-0.2, -0.15) is 32.8 Å². The van der Waals surface area contributed by atoms with E-state index in [0.29, 0.717) is 6.42 Å². The van der Waals surface area contributed by atoms with E-state index >= 15 is 0 Å². The number of hydrogen-bond donors (Lipinski definition) is 7. The van der Waals surface area contributed by atoms with Crippen LogP contribution >= 0.6 is 24.4 Å². The molecule has 2 fully saturated rings. The van der Waals surface area contributed by atoms with Crippen molar-refractivity contribution in [1.82, 2.24) is 5.32 Å². The first-order valence-electron chi connectivity index (χ1n) is 13.2. The Morgan fingerprint density at radius 3 is 2.27 bits per heavy atom. The Morgan fingerprint density at radius 2 is 1.65 bits per heavy atom. The highest BCUT2D eigenvalue weighted by Crippen LogP contribution is 2.31. The number of aliphatic hydroxyl groups excluding tert-OH is 4. The molecule has 2 rings (SSSR count). The lowest BCUT2D eigenvalue weighted by Gasteiger charge is -2.47. The molecule has 40 heavy (non-hydrogen) atoms. The van der Waals surface area contributed by atoms with Crippen LogP contribution in [0.5, 0.6) is 0 Å². The van der Waals surface area contributed by atoms with Gasteiger partial charge in [0.05, 0.1) is 19.3 Å². The van der Waals surface area contributed by atoms with Gasteiger partial charge in [0.1, 0.15) is 42.7 Å². The van der Waals surface area contributed by atoms with Crippen molar-refractivity contribution in [2.24, 2.45) is 0 Å². The monoisotopic (exact) mass is 637 g/mol. The number of thioether (sulfide) groups is 1. The Morgan fingerprint density at radius 1 is 0.975 bits per heavy atom. The van der Waals surface area contributed by atoms with E-state index in [-0.39, 0.29) is 6.61 Å². The fraction of sp³-hybridized carbons (Fsp3) is 0.957. The molecule has 236 valence electrons. The minimum Gasteiger partial charge on any atom is -0.394 e. The predicted molar refractivity (Wildman–Crippen MR) is 147 cm³/mol. The van der Waals surface area contributed by atoms with Crippen LogP contribution in [0.2, 0.25) is 0 Å². The lowest BCUT2D eigenvalue weighted by molar-refractivity contribution is -0.342. The normalized spacial score (nSPS) is 35.0. The molecule has 0 unspecified atom stereocenters. The number of hydrogen-bond acceptors (Lipinski definition) is 14. The molecule has 0 bridgehead atoms. The van der Waals surface area contributed by atoms with E-state index in [1.165, 1.54) is 19.8 Å². The SMILES string of the molecule is CC(=O)N[C@H]1[C@H](O[C@H]2[C@H](O)[C@@H](OCCCSCCCCCCS)O[C@@H](C)[C@H]2O)O[C@H](CO)[C@@H](O)[C@@H]1OS(=O)(=O)O. The van der Waals surface area contributed by atoms with Gasteiger partial charge in [-0.1, -0.05) is 12.8 Å². The molecule has 14 nitrogen and oxygen atoms in total. The van der Waals surface area contributed by atoms with Crippen molar-refractivity contribution in [3.05, 3.63) is 0 Å². The van der Waals surface area contributed by atoms with Crippen LogP contribution in [-0.2, 0) is 38.3 Å². The molecule has 0 spiro atoms. The smallest absolute Gasteiger partial charge is 0.394 e. The van der Waals surface area contributed by atoms with Crippen molar-refractivity contribution in [2.75, 3.05) is 30.5 Å². The molecule has 2 aliphatic heterocycles. The summed E-state index contributed by atoms with van der Waals surface area (Å²) in [7, 11) is -5.12. The zero-order chi connectivity index (χ0) is 29.9. The van der Waals surface area contributed by atoms with Crippen molar-refractivity contribution in [3.8, 4) is 0 Å². The van der Waals surface area contributed by atoms with Crippen molar-refractivity contribution in [1.29, 1.82) is 0 Å². The summed E-state index contributed by atoms with van der Waals surface area (Å²) in [6.45, 7) is 2.08. The van der Waals surface area contributed by atoms with Crippen molar-refractivity contribution in [2.45, 2.75) is 107 Å². The lowest BCUT2D eigenvalue weighted by Crippen LogP contribution is -2.68. The van der Waals surface area contributed by atoms with Gasteiger partial charge in [0, 0.05) is 6.92 Å². The molecule has 6 N–H and O–H groups in total. The van der Waals surface area contributed by atoms with E-state index in [9.17, 15) is 38.2 Å². The van der Waals surface area contributed by atoms with E-state index in [0.717, 1.165) is 37.0 Å². The van der Waals surface area contributed by atoms with Crippen LogP contribution in [0, 0.1) is 0 Å². The van der Waals surface area contributed by atoms with Gasteiger partial charge >= 0.3 is 10.4 Å². The van der Waals surface area contributed by atoms with Crippen molar-refractivity contribution >= 4 is 40.7 Å². The molecule has 0 radical (unpaired) electrons. The van der Waals surface area contributed by atoms with E-state index in [1.807, 2.05) is 0 Å². The molecule has 0 aromatic carbocycles. The summed E-state index contributed by atoms with van der Waals surface area (Å²) in [4.78, 5) is 11.9. The highest BCUT2D eigenvalue weighted by Gasteiger charge is 2.52. The van der Waals surface area contributed by atoms with Crippen LogP contribution in [0.4, 0.5) is 0 Å². The second kappa shape index (κ2) is 17.7. The molecule has 0 aromatic rings. The zero-order valence-electron chi connectivity index (χ0n) is 22.6. The van der Waals surface area contributed by atoms with E-state index in [4.69, 9.17) is 18.9 Å². The fourth-order valence-corrected chi connectivity index (χ4v) is 6.08. The average molecular weight is 638 g/mol. The van der Waals surface area contributed by atoms with Crippen molar-refractivity contribution in [3.63, 3.8) is 0 Å². The molecule has 0 aliphatic carbocycles. The number of carbonyl (C=O) groups is 1. The summed E-state index contributed by atoms with van der Waals surface area (Å²) in [5.74, 6) is 2.10. The Hall–Kier alpha value is -0.280. The first kappa shape index (κ1) is 35.9. The first-order chi connectivity index (χ1) is 18.9. The number of thiol groups is 1. The van der Waals surface area contributed by atoms with E-state index < -0.39 is 84.3 Å². The van der Waals surface area contributed by atoms with Crippen LogP contribution in [0.1, 0.15) is 46.0 Å². The maximum absolute atomic E-state index is 11.9. The highest BCUT2D eigenvalue weighted by atomic mass is 32.3. The number of nitrogens with one attached hydrogen (secondary N) is 1. The minimum absolute atomic E-state index is 0.265. The van der Waals surface area contributed by atoms with Crippen LogP contribution in [0.25, 0.3) is 0 Å². The number of carbonyl (C=O) groups excluding carboxylic acids is 1. The minimum atomic E-state index is -5.12. The van der Waals surface area contributed by atoms with Crippen LogP contribution in [0.15, 0.2) is 0 Å². The second-order valence-corrected chi connectivity index (χ2v) is 12.4. The molecular weight excluding hydrogens is 594 g/mol. The summed E-state index contributed by atoms with van der Waals surface area (Å²) in [5.41, 5.74) is 0. The Labute approximate surface area is 244 Å². The van der Waals surface area contributed by atoms with Gasteiger partial charge < -0.3 is 44.7 Å². The third kappa shape index (κ3) is 11.4. The van der Waals surface area contributed by atoms with Gasteiger partial charge in [-0.05, 0) is 43.4 Å². The summed E-state index contributed by atoms with van der Waals surface area (Å²) < 4.78 is 59.4. The zero-order valence-corrected chi connectivity index (χ0v) is 25.1. The summed E-state index contributed by atoms with van der Waals surface area (Å²) >= 11 is 6.01. The number of amides is 1. The number of aliphatic hydroxyl groups is 4. The summed E-state index contributed by atoms with van der Waals surface area (Å²) in [5, 5.41) is 44.1. The average Bonchev–Trinajstić information content (AvgIpc) is 2.88. The molecule has 1 amide bonds. The molecule has 10 atom stereocenters. The van der Waals surface area contributed by atoms with Gasteiger partial charge in [-0.15, -0.1) is 0 Å². The largest absolute Gasteiger partial charge is 0.397 e. The second-order valence-electron chi connectivity index (χ2n) is 9.70. The molecule has 2 saturated heterocycles. The van der Waals surface area contributed by atoms with Crippen molar-refractivity contribution < 1.29 is 61.3 Å². The quantitative estimate of drug-likeness (QED) is 0.0594. The van der Waals surface area contributed by atoms with E-state index in [2.05, 4.69) is 22.1 Å². The molecule has 0 saturated carbocycles. The van der Waals surface area contributed by atoms with Gasteiger partial charge in [-0.3, -0.25) is 9.35 Å². The maximum Gasteiger partial charge on any atom is 0.397 e. The Balaban J connectivity index is 2.03. The maximum atomic E-state index is 11.9. The summed E-state index contributed by atoms with van der Waals surface area (Å²) in [6.07, 6.45) is -7.87. The Kier molecular flexibility index (Phi) is 15.9. The molecule has 17 heteroatoms. The number of ether oxygens (including phenoxy) is 4. The molecule has 2 heterocycles. The number of unbranched alkanes of at least 4 members (excludes halogenated alkanes) is 3. The van der Waals surface area contributed by atoms with Crippen LogP contribution in [-0.4, -0.2) is 131 Å². The number of rotatable bonds is 17. The van der Waals surface area contributed by atoms with Gasteiger partial charge in [0.25, 0.3) is 0 Å². The molecule has 2 aliphatic rings. The Bertz CT molecular complexity index is 854. The topological polar surface area (TPSA) is 211 Å². The van der Waals surface area contributed by atoms with Crippen LogP contribution < -0.4 is 5.32 Å². The summed E-state index contributed by atoms with van der Waals surface area (Å²) in [6, 6.07) is -1.54. The van der Waals surface area contributed by atoms with Crippen LogP contribution in [0.3, 0.4) is 0 Å².